The van der Waals surface area contributed by atoms with Crippen molar-refractivity contribution in [2.75, 3.05) is 13.6 Å². The number of hydrogen-bond acceptors (Lipinski definition) is 3. The highest BCUT2D eigenvalue weighted by atomic mass is 16.3. The molecule has 0 atom stereocenters. The van der Waals surface area contributed by atoms with Crippen molar-refractivity contribution in [3.8, 4) is 0 Å². The second-order valence-electron chi connectivity index (χ2n) is 4.74. The summed E-state index contributed by atoms with van der Waals surface area (Å²) < 4.78 is 4.98. The molecule has 94 valence electrons. The van der Waals surface area contributed by atoms with E-state index in [9.17, 15) is 4.79 Å². The number of nitrogens with zero attached hydrogens (tertiary/aromatic N) is 1. The average Bonchev–Trinajstić information content (AvgIpc) is 2.98. The molecule has 0 unspecified atom stereocenters. The molecule has 0 aliphatic heterocycles. The molecule has 0 aromatic carbocycles. The van der Waals surface area contributed by atoms with Gasteiger partial charge in [-0.1, -0.05) is 12.8 Å². The van der Waals surface area contributed by atoms with Crippen molar-refractivity contribution in [1.29, 1.82) is 0 Å². The normalized spacial score (nSPS) is 16.3. The lowest BCUT2D eigenvalue weighted by Crippen LogP contribution is -2.38. The molecule has 1 aromatic heterocycles. The van der Waals surface area contributed by atoms with Crippen LogP contribution in [-0.4, -0.2) is 30.4 Å². The highest BCUT2D eigenvalue weighted by molar-refractivity contribution is 5.77. The maximum atomic E-state index is 11.9. The number of hydrogen-bond donors (Lipinski definition) is 1. The summed E-state index contributed by atoms with van der Waals surface area (Å²) in [6, 6.07) is 2.43. The van der Waals surface area contributed by atoms with E-state index in [0.717, 1.165) is 5.56 Å². The fourth-order valence-electron chi connectivity index (χ4n) is 2.24. The molecule has 17 heavy (non-hydrogen) atoms. The smallest absolute Gasteiger partial charge is 0.236 e. The molecular weight excluding hydrogens is 216 g/mol. The van der Waals surface area contributed by atoms with Gasteiger partial charge in [-0.2, -0.15) is 0 Å². The van der Waals surface area contributed by atoms with Crippen LogP contribution < -0.4 is 5.32 Å². The Hall–Kier alpha value is -1.29. The highest BCUT2D eigenvalue weighted by Gasteiger charge is 2.16. The number of likely N-dealkylation sites (N-methyl/N-ethyl adjacent to an activating group) is 1. The van der Waals surface area contributed by atoms with E-state index in [2.05, 4.69) is 5.32 Å². The van der Waals surface area contributed by atoms with Gasteiger partial charge in [0.1, 0.15) is 0 Å². The van der Waals surface area contributed by atoms with E-state index in [1.54, 1.807) is 17.4 Å². The molecule has 0 radical (unpaired) electrons. The van der Waals surface area contributed by atoms with Crippen LogP contribution in [0.2, 0.25) is 0 Å². The zero-order valence-electron chi connectivity index (χ0n) is 10.3. The molecule has 1 saturated carbocycles. The number of furan rings is 1. The Morgan fingerprint density at radius 1 is 1.53 bits per heavy atom. The second kappa shape index (κ2) is 5.87. The van der Waals surface area contributed by atoms with Crippen molar-refractivity contribution < 1.29 is 9.21 Å². The first-order valence-corrected chi connectivity index (χ1v) is 6.24. The topological polar surface area (TPSA) is 45.5 Å². The summed E-state index contributed by atoms with van der Waals surface area (Å²) in [4.78, 5) is 13.6. The molecule has 0 saturated heterocycles. The Balaban J connectivity index is 1.71. The van der Waals surface area contributed by atoms with Crippen LogP contribution in [0.1, 0.15) is 31.2 Å². The number of carbonyl (C=O) groups is 1. The van der Waals surface area contributed by atoms with Gasteiger partial charge in [0.25, 0.3) is 0 Å². The minimum absolute atomic E-state index is 0.137. The average molecular weight is 236 g/mol. The van der Waals surface area contributed by atoms with E-state index in [4.69, 9.17) is 4.42 Å². The number of carbonyl (C=O) groups excluding carboxylic acids is 1. The van der Waals surface area contributed by atoms with E-state index in [0.29, 0.717) is 19.1 Å². The van der Waals surface area contributed by atoms with E-state index in [1.807, 2.05) is 13.1 Å². The first-order chi connectivity index (χ1) is 8.25. The summed E-state index contributed by atoms with van der Waals surface area (Å²) in [7, 11) is 1.83. The Morgan fingerprint density at radius 3 is 2.94 bits per heavy atom. The maximum absolute atomic E-state index is 11.9. The van der Waals surface area contributed by atoms with Crippen molar-refractivity contribution in [2.45, 2.75) is 38.3 Å². The summed E-state index contributed by atoms with van der Waals surface area (Å²) >= 11 is 0. The summed E-state index contributed by atoms with van der Waals surface area (Å²) in [6.07, 6.45) is 8.30. The van der Waals surface area contributed by atoms with Gasteiger partial charge in [0, 0.05) is 25.2 Å². The summed E-state index contributed by atoms with van der Waals surface area (Å²) in [5.74, 6) is 0.137. The minimum Gasteiger partial charge on any atom is -0.472 e. The Kier molecular flexibility index (Phi) is 4.20. The van der Waals surface area contributed by atoms with Crippen LogP contribution in [0.15, 0.2) is 23.0 Å². The molecule has 4 heteroatoms. The highest BCUT2D eigenvalue weighted by Crippen LogP contribution is 2.17. The molecule has 1 aromatic rings. The molecule has 1 heterocycles. The predicted octanol–water partition coefficient (Wildman–Crippen LogP) is 1.77. The number of amides is 1. The molecule has 4 nitrogen and oxygen atoms in total. The molecule has 0 spiro atoms. The van der Waals surface area contributed by atoms with Crippen LogP contribution in [0.25, 0.3) is 0 Å². The van der Waals surface area contributed by atoms with Crippen molar-refractivity contribution >= 4 is 5.91 Å². The molecule has 2 rings (SSSR count). The lowest BCUT2D eigenvalue weighted by molar-refractivity contribution is -0.129. The molecule has 0 bridgehead atoms. The fraction of sp³-hybridized carbons (Fsp3) is 0.615. The van der Waals surface area contributed by atoms with Gasteiger partial charge < -0.3 is 14.6 Å². The van der Waals surface area contributed by atoms with Gasteiger partial charge in [0.15, 0.2) is 0 Å². The molecule has 1 aliphatic carbocycles. The van der Waals surface area contributed by atoms with E-state index < -0.39 is 0 Å². The third-order valence-corrected chi connectivity index (χ3v) is 3.32. The number of rotatable bonds is 5. The van der Waals surface area contributed by atoms with Gasteiger partial charge in [-0.3, -0.25) is 4.79 Å². The summed E-state index contributed by atoms with van der Waals surface area (Å²) in [6.45, 7) is 1.06. The molecule has 1 amide bonds. The van der Waals surface area contributed by atoms with Gasteiger partial charge in [0.05, 0.1) is 19.1 Å². The Morgan fingerprint density at radius 2 is 2.29 bits per heavy atom. The quantitative estimate of drug-likeness (QED) is 0.847. The van der Waals surface area contributed by atoms with Crippen LogP contribution >= 0.6 is 0 Å². The fourth-order valence-corrected chi connectivity index (χ4v) is 2.24. The molecule has 1 aliphatic rings. The van der Waals surface area contributed by atoms with Crippen LogP contribution in [0.5, 0.6) is 0 Å². The lowest BCUT2D eigenvalue weighted by atomic mass is 10.2. The Bertz CT molecular complexity index is 342. The zero-order chi connectivity index (χ0) is 12.1. The van der Waals surface area contributed by atoms with Crippen molar-refractivity contribution in [3.05, 3.63) is 24.2 Å². The largest absolute Gasteiger partial charge is 0.472 e. The van der Waals surface area contributed by atoms with Crippen molar-refractivity contribution in [2.24, 2.45) is 0 Å². The molecule has 1 fully saturated rings. The van der Waals surface area contributed by atoms with Crippen LogP contribution in [0, 0.1) is 0 Å². The summed E-state index contributed by atoms with van der Waals surface area (Å²) in [5.41, 5.74) is 1.03. The second-order valence-corrected chi connectivity index (χ2v) is 4.74. The van der Waals surface area contributed by atoms with E-state index >= 15 is 0 Å². The summed E-state index contributed by atoms with van der Waals surface area (Å²) in [5, 5.41) is 3.33. The van der Waals surface area contributed by atoms with Crippen LogP contribution in [0.4, 0.5) is 0 Å². The van der Waals surface area contributed by atoms with Crippen LogP contribution in [-0.2, 0) is 11.3 Å². The van der Waals surface area contributed by atoms with E-state index in [-0.39, 0.29) is 5.91 Å². The first-order valence-electron chi connectivity index (χ1n) is 6.24. The maximum Gasteiger partial charge on any atom is 0.236 e. The lowest BCUT2D eigenvalue weighted by Gasteiger charge is -2.18. The van der Waals surface area contributed by atoms with Gasteiger partial charge >= 0.3 is 0 Å². The van der Waals surface area contributed by atoms with Crippen molar-refractivity contribution in [1.82, 2.24) is 10.2 Å². The van der Waals surface area contributed by atoms with Crippen molar-refractivity contribution in [3.63, 3.8) is 0 Å². The van der Waals surface area contributed by atoms with Gasteiger partial charge in [-0.25, -0.2) is 0 Å². The zero-order valence-corrected chi connectivity index (χ0v) is 10.3. The van der Waals surface area contributed by atoms with E-state index in [1.165, 1.54) is 25.7 Å². The molecule has 1 N–H and O–H groups in total. The predicted molar refractivity (Wildman–Crippen MR) is 65.4 cm³/mol. The first kappa shape index (κ1) is 12.2. The standard InChI is InChI=1S/C13H20N2O2/c1-15(9-11-6-7-17-10-11)13(16)8-14-12-4-2-3-5-12/h6-7,10,12,14H,2-5,8-9H2,1H3. The van der Waals surface area contributed by atoms with Gasteiger partial charge in [0.2, 0.25) is 5.91 Å². The van der Waals surface area contributed by atoms with Gasteiger partial charge in [-0.15, -0.1) is 0 Å². The third-order valence-electron chi connectivity index (χ3n) is 3.32. The number of nitrogens with one attached hydrogen (secondary N) is 1. The van der Waals surface area contributed by atoms with Gasteiger partial charge in [-0.05, 0) is 18.9 Å². The third kappa shape index (κ3) is 3.60. The van der Waals surface area contributed by atoms with Crippen LogP contribution in [0.3, 0.4) is 0 Å². The molecular formula is C13H20N2O2. The Labute approximate surface area is 102 Å². The monoisotopic (exact) mass is 236 g/mol. The minimum atomic E-state index is 0.137. The SMILES string of the molecule is CN(Cc1ccoc1)C(=O)CNC1CCCC1.